The number of nitrogens with zero attached hydrogens (tertiary/aromatic N) is 1. The number of hydrogen-bond donors (Lipinski definition) is 0. The molecule has 1 aliphatic heterocycles. The van der Waals surface area contributed by atoms with Crippen LogP contribution < -0.4 is 4.74 Å². The van der Waals surface area contributed by atoms with Crippen LogP contribution >= 0.6 is 11.8 Å². The summed E-state index contributed by atoms with van der Waals surface area (Å²) in [7, 11) is 1.58. The molecule has 0 radical (unpaired) electrons. The molecule has 3 nitrogen and oxygen atoms in total. The highest BCUT2D eigenvalue weighted by atomic mass is 32.2. The Morgan fingerprint density at radius 2 is 2.04 bits per heavy atom. The highest BCUT2D eigenvalue weighted by Gasteiger charge is 2.33. The predicted molar refractivity (Wildman–Crippen MR) is 85.1 cm³/mol. The van der Waals surface area contributed by atoms with Crippen molar-refractivity contribution in [1.82, 2.24) is 4.90 Å². The predicted octanol–water partition coefficient (Wildman–Crippen LogP) is 3.75. The summed E-state index contributed by atoms with van der Waals surface area (Å²) in [5, 5.41) is -0.236. The normalized spacial score (nSPS) is 17.6. The molecule has 2 aromatic rings. The maximum Gasteiger partial charge on any atom is 0.234 e. The summed E-state index contributed by atoms with van der Waals surface area (Å²) in [6.45, 7) is 0.0390. The van der Waals surface area contributed by atoms with E-state index in [1.807, 2.05) is 24.3 Å². The van der Waals surface area contributed by atoms with Gasteiger partial charge in [-0.1, -0.05) is 24.3 Å². The lowest BCUT2D eigenvalue weighted by Crippen LogP contribution is -2.28. The average Bonchev–Trinajstić information content (AvgIpc) is 2.93. The van der Waals surface area contributed by atoms with Crippen molar-refractivity contribution in [2.24, 2.45) is 0 Å². The third-order valence-electron chi connectivity index (χ3n) is 3.72. The molecule has 0 aliphatic carbocycles. The first-order valence-electron chi connectivity index (χ1n) is 7.08. The van der Waals surface area contributed by atoms with Gasteiger partial charge in [0.1, 0.15) is 11.1 Å². The number of halogens is 2. The molecule has 1 fully saturated rings. The Balaban J connectivity index is 1.89. The van der Waals surface area contributed by atoms with Gasteiger partial charge in [0.2, 0.25) is 5.91 Å². The minimum absolute atomic E-state index is 0.0390. The summed E-state index contributed by atoms with van der Waals surface area (Å²) >= 11 is 1.46. The number of methoxy groups -OCH3 is 1. The van der Waals surface area contributed by atoms with E-state index < -0.39 is 11.6 Å². The lowest BCUT2D eigenvalue weighted by molar-refractivity contribution is -0.128. The zero-order chi connectivity index (χ0) is 16.4. The third-order valence-corrected chi connectivity index (χ3v) is 4.98. The van der Waals surface area contributed by atoms with E-state index in [1.54, 1.807) is 12.0 Å². The van der Waals surface area contributed by atoms with Crippen molar-refractivity contribution >= 4 is 17.7 Å². The van der Waals surface area contributed by atoms with Crippen LogP contribution in [-0.4, -0.2) is 23.7 Å². The molecule has 1 heterocycles. The largest absolute Gasteiger partial charge is 0.497 e. The van der Waals surface area contributed by atoms with Gasteiger partial charge in [0.05, 0.1) is 19.4 Å². The first-order chi connectivity index (χ1) is 11.1. The molecule has 0 N–H and O–H groups in total. The second-order valence-electron chi connectivity index (χ2n) is 5.17. The molecule has 120 valence electrons. The summed E-state index contributed by atoms with van der Waals surface area (Å²) in [6.07, 6.45) is 0. The quantitative estimate of drug-likeness (QED) is 0.852. The zero-order valence-electron chi connectivity index (χ0n) is 12.5. The molecule has 1 atom stereocenters. The summed E-state index contributed by atoms with van der Waals surface area (Å²) in [5.74, 6) is -0.883. The average molecular weight is 335 g/mol. The summed E-state index contributed by atoms with van der Waals surface area (Å²) in [6, 6.07) is 11.4. The van der Waals surface area contributed by atoms with Crippen LogP contribution in [0.3, 0.4) is 0 Å². The van der Waals surface area contributed by atoms with E-state index in [4.69, 9.17) is 4.74 Å². The molecule has 1 aliphatic rings. The van der Waals surface area contributed by atoms with Gasteiger partial charge in [-0.3, -0.25) is 4.79 Å². The maximum absolute atomic E-state index is 13.9. The Morgan fingerprint density at radius 1 is 1.26 bits per heavy atom. The fourth-order valence-corrected chi connectivity index (χ4v) is 3.73. The van der Waals surface area contributed by atoms with Crippen LogP contribution in [0, 0.1) is 11.6 Å². The van der Waals surface area contributed by atoms with Crippen LogP contribution in [0.2, 0.25) is 0 Å². The van der Waals surface area contributed by atoms with Crippen LogP contribution in [-0.2, 0) is 11.3 Å². The van der Waals surface area contributed by atoms with Gasteiger partial charge in [0, 0.05) is 5.56 Å². The molecule has 0 bridgehead atoms. The van der Waals surface area contributed by atoms with E-state index >= 15 is 0 Å². The number of thioether (sulfide) groups is 1. The number of hydrogen-bond acceptors (Lipinski definition) is 3. The number of benzene rings is 2. The molecule has 0 aromatic heterocycles. The van der Waals surface area contributed by atoms with Crippen LogP contribution in [0.5, 0.6) is 5.75 Å². The van der Waals surface area contributed by atoms with Crippen molar-refractivity contribution in [3.05, 3.63) is 65.2 Å². The lowest BCUT2D eigenvalue weighted by atomic mass is 10.1. The Kier molecular flexibility index (Phi) is 4.52. The first kappa shape index (κ1) is 15.8. The van der Waals surface area contributed by atoms with Crippen molar-refractivity contribution < 1.29 is 18.3 Å². The van der Waals surface area contributed by atoms with Gasteiger partial charge >= 0.3 is 0 Å². The Hall–Kier alpha value is -2.08. The van der Waals surface area contributed by atoms with Crippen molar-refractivity contribution in [2.45, 2.75) is 11.9 Å². The van der Waals surface area contributed by atoms with E-state index in [9.17, 15) is 13.6 Å². The van der Waals surface area contributed by atoms with Gasteiger partial charge in [-0.15, -0.1) is 11.8 Å². The molecule has 6 heteroatoms. The molecule has 0 spiro atoms. The Labute approximate surface area is 137 Å². The lowest BCUT2D eigenvalue weighted by Gasteiger charge is -2.24. The second kappa shape index (κ2) is 6.58. The van der Waals surface area contributed by atoms with E-state index in [0.717, 1.165) is 11.6 Å². The van der Waals surface area contributed by atoms with Crippen molar-refractivity contribution in [1.29, 1.82) is 0 Å². The highest BCUT2D eigenvalue weighted by Crippen LogP contribution is 2.40. The monoisotopic (exact) mass is 335 g/mol. The van der Waals surface area contributed by atoms with Gasteiger partial charge in [-0.2, -0.15) is 0 Å². The number of carbonyl (C=O) groups is 1. The van der Waals surface area contributed by atoms with Crippen LogP contribution in [0.1, 0.15) is 16.5 Å². The Morgan fingerprint density at radius 3 is 2.83 bits per heavy atom. The van der Waals surface area contributed by atoms with Crippen molar-refractivity contribution in [3.8, 4) is 5.75 Å². The fraction of sp³-hybridized carbons (Fsp3) is 0.235. The molecule has 2 aromatic carbocycles. The van der Waals surface area contributed by atoms with E-state index in [2.05, 4.69) is 0 Å². The minimum atomic E-state index is -0.903. The number of rotatable bonds is 4. The van der Waals surface area contributed by atoms with Crippen molar-refractivity contribution in [3.63, 3.8) is 0 Å². The number of amides is 1. The highest BCUT2D eigenvalue weighted by molar-refractivity contribution is 8.00. The maximum atomic E-state index is 13.9. The third kappa shape index (κ3) is 3.17. The molecule has 1 unspecified atom stereocenters. The van der Waals surface area contributed by atoms with Crippen LogP contribution in [0.15, 0.2) is 42.5 Å². The summed E-state index contributed by atoms with van der Waals surface area (Å²) in [5.41, 5.74) is 1.07. The number of ether oxygens (including phenoxy) is 1. The number of carbonyl (C=O) groups excluding carboxylic acids is 1. The van der Waals surface area contributed by atoms with Gasteiger partial charge in [-0.25, -0.2) is 8.78 Å². The van der Waals surface area contributed by atoms with Crippen LogP contribution in [0.25, 0.3) is 0 Å². The van der Waals surface area contributed by atoms with Gasteiger partial charge < -0.3 is 9.64 Å². The molecule has 23 heavy (non-hydrogen) atoms. The summed E-state index contributed by atoms with van der Waals surface area (Å²) < 4.78 is 32.5. The smallest absolute Gasteiger partial charge is 0.234 e. The topological polar surface area (TPSA) is 29.5 Å². The van der Waals surface area contributed by atoms with E-state index in [-0.39, 0.29) is 23.4 Å². The van der Waals surface area contributed by atoms with Gasteiger partial charge in [0.15, 0.2) is 11.6 Å². The van der Waals surface area contributed by atoms with Crippen LogP contribution in [0.4, 0.5) is 8.78 Å². The second-order valence-corrected chi connectivity index (χ2v) is 6.24. The molecule has 3 rings (SSSR count). The molecular formula is C17H15F2NO2S. The molecular weight excluding hydrogens is 320 g/mol. The minimum Gasteiger partial charge on any atom is -0.497 e. The summed E-state index contributed by atoms with van der Waals surface area (Å²) in [4.78, 5) is 13.7. The molecule has 1 amide bonds. The van der Waals surface area contributed by atoms with Crippen molar-refractivity contribution in [2.75, 3.05) is 12.9 Å². The fourth-order valence-electron chi connectivity index (χ4n) is 2.55. The van der Waals surface area contributed by atoms with Gasteiger partial charge in [-0.05, 0) is 23.8 Å². The standard InChI is InChI=1S/C17H15F2NO2S/c1-22-13-6-2-4-11(8-13)17-20(15(21)10-23-17)9-12-5-3-7-14(18)16(12)19/h2-8,17H,9-10H2,1H3. The van der Waals surface area contributed by atoms with E-state index in [0.29, 0.717) is 11.5 Å². The van der Waals surface area contributed by atoms with Gasteiger partial charge in [0.25, 0.3) is 0 Å². The molecule has 1 saturated heterocycles. The molecule has 0 saturated carbocycles. The first-order valence-corrected chi connectivity index (χ1v) is 8.13. The van der Waals surface area contributed by atoms with E-state index in [1.165, 1.54) is 23.9 Å². The Bertz CT molecular complexity index is 738. The SMILES string of the molecule is COc1cccc(C2SCC(=O)N2Cc2cccc(F)c2F)c1. The zero-order valence-corrected chi connectivity index (χ0v) is 13.3.